The predicted molar refractivity (Wildman–Crippen MR) is 126 cm³/mol. The van der Waals surface area contributed by atoms with Gasteiger partial charge in [-0.05, 0) is 63.6 Å². The molecule has 2 N–H and O–H groups in total. The van der Waals surface area contributed by atoms with Crippen LogP contribution in [0.25, 0.3) is 0 Å². The van der Waals surface area contributed by atoms with E-state index < -0.39 is 0 Å². The Kier molecular flexibility index (Phi) is 11.9. The Morgan fingerprint density at radius 1 is 1.27 bits per heavy atom. The number of rotatable bonds is 12. The predicted octanol–water partition coefficient (Wildman–Crippen LogP) is 4.20. The number of nitrogens with one attached hydrogen (secondary N) is 2. The van der Waals surface area contributed by atoms with Gasteiger partial charge in [0.2, 0.25) is 0 Å². The number of hydrogen-bond acceptors (Lipinski definition) is 5. The van der Waals surface area contributed by atoms with Crippen molar-refractivity contribution in [1.29, 1.82) is 0 Å². The van der Waals surface area contributed by atoms with Crippen LogP contribution >= 0.6 is 11.3 Å². The SMILES string of the molecule is CCOC(=O)CCCCCCCNC(=NC)NCC1CCCN(C)C1c1cccs1. The third-order valence-electron chi connectivity index (χ3n) is 5.75. The minimum atomic E-state index is -0.0699. The Bertz CT molecular complexity index is 621. The van der Waals surface area contributed by atoms with E-state index in [1.165, 1.54) is 30.7 Å². The van der Waals surface area contributed by atoms with Crippen molar-refractivity contribution in [2.24, 2.45) is 10.9 Å². The lowest BCUT2D eigenvalue weighted by atomic mass is 9.88. The number of carbonyl (C=O) groups is 1. The summed E-state index contributed by atoms with van der Waals surface area (Å²) in [7, 11) is 4.09. The van der Waals surface area contributed by atoms with Crippen molar-refractivity contribution in [1.82, 2.24) is 15.5 Å². The molecule has 0 aliphatic carbocycles. The van der Waals surface area contributed by atoms with E-state index in [0.29, 0.717) is 25.0 Å². The fourth-order valence-corrected chi connectivity index (χ4v) is 5.18. The highest BCUT2D eigenvalue weighted by Gasteiger charge is 2.31. The van der Waals surface area contributed by atoms with Crippen LogP contribution in [0, 0.1) is 5.92 Å². The van der Waals surface area contributed by atoms with Gasteiger partial charge >= 0.3 is 5.97 Å². The molecule has 6 nitrogen and oxygen atoms in total. The Labute approximate surface area is 186 Å². The Balaban J connectivity index is 1.61. The zero-order chi connectivity index (χ0) is 21.6. The van der Waals surface area contributed by atoms with Crippen LogP contribution in [-0.4, -0.2) is 57.2 Å². The van der Waals surface area contributed by atoms with Gasteiger partial charge in [-0.3, -0.25) is 14.7 Å². The molecule has 1 fully saturated rings. The van der Waals surface area contributed by atoms with E-state index in [9.17, 15) is 4.79 Å². The van der Waals surface area contributed by atoms with Crippen molar-refractivity contribution in [2.75, 3.05) is 40.3 Å². The van der Waals surface area contributed by atoms with Crippen molar-refractivity contribution in [3.8, 4) is 0 Å². The topological polar surface area (TPSA) is 66.0 Å². The highest BCUT2D eigenvalue weighted by atomic mass is 32.1. The van der Waals surface area contributed by atoms with Crippen LogP contribution in [0.3, 0.4) is 0 Å². The molecule has 0 bridgehead atoms. The third kappa shape index (κ3) is 8.64. The average Bonchev–Trinajstić information content (AvgIpc) is 3.26. The molecular weight excluding hydrogens is 396 g/mol. The highest BCUT2D eigenvalue weighted by Crippen LogP contribution is 2.36. The molecule has 0 aromatic carbocycles. The normalized spacial score (nSPS) is 20.2. The number of unbranched alkanes of at least 4 members (excludes halogenated alkanes) is 4. The number of nitrogens with zero attached hydrogens (tertiary/aromatic N) is 2. The molecule has 1 aliphatic heterocycles. The summed E-state index contributed by atoms with van der Waals surface area (Å²) in [6.45, 7) is 5.37. The first-order valence-electron chi connectivity index (χ1n) is 11.5. The summed E-state index contributed by atoms with van der Waals surface area (Å²) in [5.41, 5.74) is 0. The zero-order valence-electron chi connectivity index (χ0n) is 19.0. The van der Waals surface area contributed by atoms with Gasteiger partial charge in [-0.2, -0.15) is 0 Å². The Hall–Kier alpha value is -1.60. The maximum atomic E-state index is 11.3. The summed E-state index contributed by atoms with van der Waals surface area (Å²) in [5, 5.41) is 9.18. The first-order valence-corrected chi connectivity index (χ1v) is 12.4. The van der Waals surface area contributed by atoms with Gasteiger partial charge in [-0.25, -0.2) is 0 Å². The lowest BCUT2D eigenvalue weighted by Crippen LogP contribution is -2.45. The van der Waals surface area contributed by atoms with Gasteiger partial charge in [-0.15, -0.1) is 11.3 Å². The smallest absolute Gasteiger partial charge is 0.305 e. The molecule has 1 saturated heterocycles. The summed E-state index contributed by atoms with van der Waals surface area (Å²) in [5.74, 6) is 1.43. The molecule has 1 aliphatic rings. The first-order chi connectivity index (χ1) is 14.7. The molecule has 0 spiro atoms. The third-order valence-corrected chi connectivity index (χ3v) is 6.70. The van der Waals surface area contributed by atoms with E-state index in [4.69, 9.17) is 4.74 Å². The first kappa shape index (κ1) is 24.7. The van der Waals surface area contributed by atoms with Gasteiger partial charge in [0.05, 0.1) is 6.61 Å². The van der Waals surface area contributed by atoms with Crippen molar-refractivity contribution in [2.45, 2.75) is 64.3 Å². The van der Waals surface area contributed by atoms with Gasteiger partial charge in [0.15, 0.2) is 5.96 Å². The summed E-state index contributed by atoms with van der Waals surface area (Å²) < 4.78 is 4.95. The molecule has 2 rings (SSSR count). The lowest BCUT2D eigenvalue weighted by molar-refractivity contribution is -0.143. The number of thiophene rings is 1. The molecule has 2 unspecified atom stereocenters. The number of likely N-dealkylation sites (tertiary alicyclic amines) is 1. The highest BCUT2D eigenvalue weighted by molar-refractivity contribution is 7.10. The van der Waals surface area contributed by atoms with Gasteiger partial charge < -0.3 is 15.4 Å². The molecule has 0 amide bonds. The van der Waals surface area contributed by atoms with E-state index >= 15 is 0 Å². The molecule has 0 radical (unpaired) electrons. The molecule has 1 aromatic rings. The van der Waals surface area contributed by atoms with Crippen LogP contribution in [-0.2, 0) is 9.53 Å². The zero-order valence-corrected chi connectivity index (χ0v) is 19.8. The van der Waals surface area contributed by atoms with Crippen molar-refractivity contribution < 1.29 is 9.53 Å². The molecule has 170 valence electrons. The monoisotopic (exact) mass is 436 g/mol. The van der Waals surface area contributed by atoms with Gasteiger partial charge in [0.1, 0.15) is 0 Å². The minimum absolute atomic E-state index is 0.0699. The second-order valence-corrected chi connectivity index (χ2v) is 9.03. The summed E-state index contributed by atoms with van der Waals surface area (Å²) >= 11 is 1.86. The van der Waals surface area contributed by atoms with Crippen molar-refractivity contribution in [3.05, 3.63) is 22.4 Å². The van der Waals surface area contributed by atoms with Crippen LogP contribution < -0.4 is 10.6 Å². The molecule has 1 aromatic heterocycles. The molecule has 0 saturated carbocycles. The van der Waals surface area contributed by atoms with Crippen LogP contribution in [0.15, 0.2) is 22.5 Å². The average molecular weight is 437 g/mol. The van der Waals surface area contributed by atoms with Gasteiger partial charge in [-0.1, -0.05) is 25.3 Å². The summed E-state index contributed by atoms with van der Waals surface area (Å²) in [6, 6.07) is 4.92. The van der Waals surface area contributed by atoms with E-state index in [1.54, 1.807) is 0 Å². The molecular formula is C23H40N4O2S. The maximum absolute atomic E-state index is 11.3. The van der Waals surface area contributed by atoms with Crippen LogP contribution in [0.2, 0.25) is 0 Å². The summed E-state index contributed by atoms with van der Waals surface area (Å²) in [4.78, 5) is 19.7. The Morgan fingerprint density at radius 2 is 2.07 bits per heavy atom. The van der Waals surface area contributed by atoms with Crippen LogP contribution in [0.4, 0.5) is 0 Å². The number of aliphatic imine (C=N–C) groups is 1. The quantitative estimate of drug-likeness (QED) is 0.222. The number of piperidine rings is 1. The summed E-state index contributed by atoms with van der Waals surface area (Å²) in [6.07, 6.45) is 8.51. The van der Waals surface area contributed by atoms with E-state index in [0.717, 1.165) is 44.7 Å². The fourth-order valence-electron chi connectivity index (χ4n) is 4.20. The molecule has 2 heterocycles. The largest absolute Gasteiger partial charge is 0.466 e. The minimum Gasteiger partial charge on any atom is -0.466 e. The second-order valence-electron chi connectivity index (χ2n) is 8.05. The molecule has 30 heavy (non-hydrogen) atoms. The maximum Gasteiger partial charge on any atom is 0.305 e. The number of ether oxygens (including phenoxy) is 1. The van der Waals surface area contributed by atoms with E-state index in [1.807, 2.05) is 25.3 Å². The van der Waals surface area contributed by atoms with Gasteiger partial charge in [0.25, 0.3) is 0 Å². The standard InChI is InChI=1S/C23H40N4O2S/c1-4-29-21(28)14-8-6-5-7-9-15-25-23(24-2)26-18-19-12-10-16-27(3)22(19)20-13-11-17-30-20/h11,13,17,19,22H,4-10,12,14-16,18H2,1-3H3,(H2,24,25,26). The van der Waals surface area contributed by atoms with E-state index in [-0.39, 0.29) is 5.97 Å². The fraction of sp³-hybridized carbons (Fsp3) is 0.739. The van der Waals surface area contributed by atoms with Gasteiger partial charge in [0, 0.05) is 37.5 Å². The van der Waals surface area contributed by atoms with Crippen LogP contribution in [0.1, 0.15) is 69.2 Å². The molecule has 7 heteroatoms. The molecule has 2 atom stereocenters. The van der Waals surface area contributed by atoms with Crippen LogP contribution in [0.5, 0.6) is 0 Å². The number of esters is 1. The van der Waals surface area contributed by atoms with Crippen molar-refractivity contribution in [3.63, 3.8) is 0 Å². The second kappa shape index (κ2) is 14.4. The van der Waals surface area contributed by atoms with E-state index in [2.05, 4.69) is 45.1 Å². The lowest BCUT2D eigenvalue weighted by Gasteiger charge is -2.39. The number of guanidine groups is 1. The van der Waals surface area contributed by atoms with Crippen molar-refractivity contribution >= 4 is 23.3 Å². The Morgan fingerprint density at radius 3 is 2.80 bits per heavy atom. The number of hydrogen-bond donors (Lipinski definition) is 2. The number of carbonyl (C=O) groups excluding carboxylic acids is 1.